The van der Waals surface area contributed by atoms with Gasteiger partial charge in [-0.05, 0) is 36.0 Å². The Hall–Kier alpha value is -1.51. The Bertz CT molecular complexity index is 369. The molecule has 0 atom stereocenters. The standard InChI is InChI=1S/C13H18O3/c1-9(2)11-7-6-10(12(14)8-11)4-3-5-13(15)16/h6-9,14H,3-5H2,1-2H3,(H,15,16). The molecule has 1 aromatic carbocycles. The third-order valence-corrected chi connectivity index (χ3v) is 2.61. The fourth-order valence-corrected chi connectivity index (χ4v) is 1.58. The molecule has 0 aliphatic rings. The lowest BCUT2D eigenvalue weighted by Crippen LogP contribution is -1.96. The largest absolute Gasteiger partial charge is 0.508 e. The van der Waals surface area contributed by atoms with Crippen LogP contribution in [0.25, 0.3) is 0 Å². The highest BCUT2D eigenvalue weighted by molar-refractivity contribution is 5.66. The van der Waals surface area contributed by atoms with Gasteiger partial charge in [0.05, 0.1) is 0 Å². The normalized spacial score (nSPS) is 10.7. The summed E-state index contributed by atoms with van der Waals surface area (Å²) in [6.45, 7) is 4.14. The smallest absolute Gasteiger partial charge is 0.303 e. The van der Waals surface area contributed by atoms with E-state index in [-0.39, 0.29) is 12.2 Å². The first-order valence-corrected chi connectivity index (χ1v) is 5.54. The quantitative estimate of drug-likeness (QED) is 0.805. The van der Waals surface area contributed by atoms with Crippen molar-refractivity contribution in [1.82, 2.24) is 0 Å². The summed E-state index contributed by atoms with van der Waals surface area (Å²) in [5.41, 5.74) is 1.92. The van der Waals surface area contributed by atoms with Crippen molar-refractivity contribution in [2.75, 3.05) is 0 Å². The molecule has 1 rings (SSSR count). The molecule has 1 aromatic rings. The molecule has 3 nitrogen and oxygen atoms in total. The fraction of sp³-hybridized carbons (Fsp3) is 0.462. The Kier molecular flexibility index (Phi) is 4.35. The highest BCUT2D eigenvalue weighted by Gasteiger charge is 2.06. The van der Waals surface area contributed by atoms with Crippen LogP contribution in [0.1, 0.15) is 43.7 Å². The average molecular weight is 222 g/mol. The van der Waals surface area contributed by atoms with Gasteiger partial charge in [-0.25, -0.2) is 0 Å². The molecular formula is C13H18O3. The minimum Gasteiger partial charge on any atom is -0.508 e. The van der Waals surface area contributed by atoms with Crippen LogP contribution in [0.15, 0.2) is 18.2 Å². The molecule has 0 spiro atoms. The van der Waals surface area contributed by atoms with E-state index in [9.17, 15) is 9.90 Å². The third kappa shape index (κ3) is 3.57. The van der Waals surface area contributed by atoms with Crippen LogP contribution >= 0.6 is 0 Å². The maximum absolute atomic E-state index is 10.4. The zero-order valence-electron chi connectivity index (χ0n) is 9.73. The van der Waals surface area contributed by atoms with Gasteiger partial charge >= 0.3 is 5.97 Å². The van der Waals surface area contributed by atoms with E-state index in [4.69, 9.17) is 5.11 Å². The van der Waals surface area contributed by atoms with Crippen LogP contribution < -0.4 is 0 Å². The molecule has 0 saturated heterocycles. The summed E-state index contributed by atoms with van der Waals surface area (Å²) in [6.07, 6.45) is 1.31. The highest BCUT2D eigenvalue weighted by atomic mass is 16.4. The predicted octanol–water partition coefficient (Wildman–Crippen LogP) is 2.92. The van der Waals surface area contributed by atoms with Crippen molar-refractivity contribution in [3.8, 4) is 5.75 Å². The van der Waals surface area contributed by atoms with E-state index in [0.29, 0.717) is 18.8 Å². The molecule has 0 aliphatic carbocycles. The van der Waals surface area contributed by atoms with Gasteiger partial charge in [0, 0.05) is 6.42 Å². The molecule has 16 heavy (non-hydrogen) atoms. The Labute approximate surface area is 95.7 Å². The Morgan fingerprint density at radius 3 is 2.56 bits per heavy atom. The van der Waals surface area contributed by atoms with Crippen LogP contribution in [-0.4, -0.2) is 16.2 Å². The van der Waals surface area contributed by atoms with Gasteiger partial charge in [0.1, 0.15) is 5.75 Å². The van der Waals surface area contributed by atoms with E-state index in [1.807, 2.05) is 12.1 Å². The number of aromatic hydroxyl groups is 1. The molecule has 0 unspecified atom stereocenters. The van der Waals surface area contributed by atoms with E-state index in [2.05, 4.69) is 13.8 Å². The van der Waals surface area contributed by atoms with Crippen LogP contribution in [0.2, 0.25) is 0 Å². The Morgan fingerprint density at radius 1 is 1.38 bits per heavy atom. The molecule has 0 bridgehead atoms. The molecule has 0 amide bonds. The van der Waals surface area contributed by atoms with Crippen molar-refractivity contribution in [2.45, 2.75) is 39.0 Å². The number of benzene rings is 1. The van der Waals surface area contributed by atoms with Crippen molar-refractivity contribution >= 4 is 5.97 Å². The van der Waals surface area contributed by atoms with Crippen molar-refractivity contribution < 1.29 is 15.0 Å². The summed E-state index contributed by atoms with van der Waals surface area (Å²) in [6, 6.07) is 5.63. The minimum absolute atomic E-state index is 0.144. The second-order valence-electron chi connectivity index (χ2n) is 4.29. The van der Waals surface area contributed by atoms with Gasteiger partial charge in [-0.15, -0.1) is 0 Å². The summed E-state index contributed by atoms with van der Waals surface area (Å²) >= 11 is 0. The summed E-state index contributed by atoms with van der Waals surface area (Å²) in [5.74, 6) is -0.131. The molecular weight excluding hydrogens is 204 g/mol. The SMILES string of the molecule is CC(C)c1ccc(CCCC(=O)O)c(O)c1. The van der Waals surface area contributed by atoms with Crippen LogP contribution in [-0.2, 0) is 11.2 Å². The van der Waals surface area contributed by atoms with E-state index >= 15 is 0 Å². The summed E-state index contributed by atoms with van der Waals surface area (Å²) < 4.78 is 0. The lowest BCUT2D eigenvalue weighted by atomic mass is 9.99. The highest BCUT2D eigenvalue weighted by Crippen LogP contribution is 2.24. The molecule has 88 valence electrons. The maximum atomic E-state index is 10.4. The van der Waals surface area contributed by atoms with Gasteiger partial charge < -0.3 is 10.2 Å². The Morgan fingerprint density at radius 2 is 2.06 bits per heavy atom. The number of hydrogen-bond donors (Lipinski definition) is 2. The number of phenols is 1. The van der Waals surface area contributed by atoms with Gasteiger partial charge in [-0.2, -0.15) is 0 Å². The molecule has 0 heterocycles. The van der Waals surface area contributed by atoms with E-state index in [0.717, 1.165) is 11.1 Å². The molecule has 0 fully saturated rings. The van der Waals surface area contributed by atoms with Crippen LogP contribution in [0.4, 0.5) is 0 Å². The second kappa shape index (κ2) is 5.54. The average Bonchev–Trinajstić information content (AvgIpc) is 2.19. The number of aliphatic carboxylic acids is 1. The van der Waals surface area contributed by atoms with Crippen LogP contribution in [0.5, 0.6) is 5.75 Å². The van der Waals surface area contributed by atoms with Gasteiger partial charge in [0.25, 0.3) is 0 Å². The lowest BCUT2D eigenvalue weighted by Gasteiger charge is -2.09. The fourth-order valence-electron chi connectivity index (χ4n) is 1.58. The number of rotatable bonds is 5. The summed E-state index contributed by atoms with van der Waals surface area (Å²) in [5, 5.41) is 18.3. The van der Waals surface area contributed by atoms with Gasteiger partial charge in [-0.3, -0.25) is 4.79 Å². The molecule has 0 saturated carbocycles. The van der Waals surface area contributed by atoms with Gasteiger partial charge in [0.15, 0.2) is 0 Å². The van der Waals surface area contributed by atoms with Crippen LogP contribution in [0, 0.1) is 0 Å². The summed E-state index contributed by atoms with van der Waals surface area (Å²) in [4.78, 5) is 10.4. The van der Waals surface area contributed by atoms with Crippen molar-refractivity contribution in [2.24, 2.45) is 0 Å². The maximum Gasteiger partial charge on any atom is 0.303 e. The van der Waals surface area contributed by atoms with Gasteiger partial charge in [0.2, 0.25) is 0 Å². The van der Waals surface area contributed by atoms with Crippen molar-refractivity contribution in [1.29, 1.82) is 0 Å². The number of carbonyl (C=O) groups is 1. The van der Waals surface area contributed by atoms with Gasteiger partial charge in [-0.1, -0.05) is 26.0 Å². The number of carboxylic acids is 1. The topological polar surface area (TPSA) is 57.5 Å². The monoisotopic (exact) mass is 222 g/mol. The summed E-state index contributed by atoms with van der Waals surface area (Å²) in [7, 11) is 0. The minimum atomic E-state index is -0.793. The second-order valence-corrected chi connectivity index (χ2v) is 4.29. The lowest BCUT2D eigenvalue weighted by molar-refractivity contribution is -0.137. The Balaban J connectivity index is 2.64. The first-order valence-electron chi connectivity index (χ1n) is 5.54. The van der Waals surface area contributed by atoms with E-state index < -0.39 is 5.97 Å². The van der Waals surface area contributed by atoms with E-state index in [1.165, 1.54) is 0 Å². The first kappa shape index (κ1) is 12.6. The number of phenolic OH excluding ortho intramolecular Hbond substituents is 1. The molecule has 0 aromatic heterocycles. The zero-order chi connectivity index (χ0) is 12.1. The van der Waals surface area contributed by atoms with Crippen molar-refractivity contribution in [3.63, 3.8) is 0 Å². The predicted molar refractivity (Wildman–Crippen MR) is 62.8 cm³/mol. The first-order chi connectivity index (χ1) is 7.50. The zero-order valence-corrected chi connectivity index (χ0v) is 9.73. The molecule has 3 heteroatoms. The van der Waals surface area contributed by atoms with Crippen molar-refractivity contribution in [3.05, 3.63) is 29.3 Å². The molecule has 0 radical (unpaired) electrons. The van der Waals surface area contributed by atoms with E-state index in [1.54, 1.807) is 6.07 Å². The number of carboxylic acid groups (broad SMARTS) is 1. The molecule has 0 aliphatic heterocycles. The number of aryl methyl sites for hydroxylation is 1. The third-order valence-electron chi connectivity index (χ3n) is 2.61. The van der Waals surface area contributed by atoms with Crippen LogP contribution in [0.3, 0.4) is 0 Å². The number of hydrogen-bond acceptors (Lipinski definition) is 2. The molecule has 2 N–H and O–H groups in total.